The van der Waals surface area contributed by atoms with Crippen molar-refractivity contribution < 1.29 is 35.9 Å². The fourth-order valence-electron chi connectivity index (χ4n) is 4.82. The van der Waals surface area contributed by atoms with Gasteiger partial charge in [0.1, 0.15) is 22.9 Å². The van der Waals surface area contributed by atoms with Crippen LogP contribution in [0.4, 0.5) is 43.9 Å². The van der Waals surface area contributed by atoms with Gasteiger partial charge in [0, 0.05) is 37.6 Å². The number of methoxy groups -OCH3 is 1. The summed E-state index contributed by atoms with van der Waals surface area (Å²) in [6, 6.07) is 10.9. The number of H-pyrrole nitrogens is 1. The molecule has 0 unspecified atom stereocenters. The van der Waals surface area contributed by atoms with Gasteiger partial charge in [0.05, 0.1) is 30.3 Å². The highest BCUT2D eigenvalue weighted by atomic mass is 79.9. The number of nitrogens with zero attached hydrogens (tertiary/aromatic N) is 5. The van der Waals surface area contributed by atoms with Crippen molar-refractivity contribution in [3.05, 3.63) is 69.7 Å². The lowest BCUT2D eigenvalue weighted by Gasteiger charge is -2.36. The molecular weight excluding hydrogens is 646 g/mol. The van der Waals surface area contributed by atoms with Crippen LogP contribution in [0.3, 0.4) is 0 Å². The molecule has 43 heavy (non-hydrogen) atoms. The predicted molar refractivity (Wildman–Crippen MR) is 152 cm³/mol. The molecule has 1 aliphatic heterocycles. The Morgan fingerprint density at radius 2 is 1.60 bits per heavy atom. The van der Waals surface area contributed by atoms with Crippen molar-refractivity contribution in [2.45, 2.75) is 25.8 Å². The maximum Gasteiger partial charge on any atom is 0.419 e. The van der Waals surface area contributed by atoms with E-state index < -0.39 is 29.4 Å². The number of hydrogen-bond donors (Lipinski definition) is 1. The van der Waals surface area contributed by atoms with Crippen LogP contribution >= 0.6 is 15.9 Å². The average molecular weight is 671 g/mol. The summed E-state index contributed by atoms with van der Waals surface area (Å²) in [5.41, 5.74) is -0.573. The SMILES string of the molecule is COc1ccc(CN(C(C)=O)c2ccc(C(F)(F)F)c(N3CCN(c4nc5c(Br)cc(C(F)(F)F)cc5[nH]4)CC3)n2)cc1. The molecule has 228 valence electrons. The minimum Gasteiger partial charge on any atom is -0.497 e. The van der Waals surface area contributed by atoms with Crippen molar-refractivity contribution in [3.63, 3.8) is 0 Å². The molecule has 8 nitrogen and oxygen atoms in total. The minimum atomic E-state index is -4.70. The Morgan fingerprint density at radius 3 is 2.19 bits per heavy atom. The van der Waals surface area contributed by atoms with E-state index in [0.29, 0.717) is 17.2 Å². The zero-order valence-electron chi connectivity index (χ0n) is 22.9. The van der Waals surface area contributed by atoms with E-state index in [1.165, 1.54) is 29.9 Å². The van der Waals surface area contributed by atoms with Crippen LogP contribution in [-0.2, 0) is 23.7 Å². The molecule has 15 heteroatoms. The van der Waals surface area contributed by atoms with E-state index in [1.807, 2.05) is 0 Å². The molecule has 5 rings (SSSR count). The number of anilines is 3. The van der Waals surface area contributed by atoms with Gasteiger partial charge in [0.25, 0.3) is 0 Å². The van der Waals surface area contributed by atoms with Gasteiger partial charge in [-0.3, -0.25) is 9.69 Å². The fourth-order valence-corrected chi connectivity index (χ4v) is 5.37. The number of ether oxygens (including phenoxy) is 1. The van der Waals surface area contributed by atoms with Crippen LogP contribution in [-0.4, -0.2) is 54.1 Å². The first-order valence-electron chi connectivity index (χ1n) is 13.0. The highest BCUT2D eigenvalue weighted by Crippen LogP contribution is 2.38. The molecule has 3 heterocycles. The standard InChI is InChI=1S/C28H25BrF6N6O2/c1-16(42)41(15-17-3-5-19(43-2)6-4-17)23-8-7-20(28(33,34)35)25(37-23)39-9-11-40(12-10-39)26-36-22-14-18(27(30,31)32)13-21(29)24(22)38-26/h3-8,13-14H,9-12,15H2,1-2H3,(H,36,38). The second-order valence-corrected chi connectivity index (χ2v) is 10.7. The quantitative estimate of drug-likeness (QED) is 0.232. The van der Waals surface area contributed by atoms with E-state index in [4.69, 9.17) is 4.74 Å². The number of aromatic amines is 1. The number of carbonyl (C=O) groups excluding carboxylic acids is 1. The van der Waals surface area contributed by atoms with Crippen LogP contribution in [0.2, 0.25) is 0 Å². The second-order valence-electron chi connectivity index (χ2n) is 9.88. The van der Waals surface area contributed by atoms with Crippen molar-refractivity contribution in [1.29, 1.82) is 0 Å². The molecule has 0 spiro atoms. The first kappa shape index (κ1) is 30.4. The molecule has 1 aliphatic rings. The van der Waals surface area contributed by atoms with Crippen LogP contribution in [0.1, 0.15) is 23.6 Å². The van der Waals surface area contributed by atoms with Crippen LogP contribution in [0.25, 0.3) is 11.0 Å². The van der Waals surface area contributed by atoms with Gasteiger partial charge in [0.15, 0.2) is 0 Å². The Labute approximate surface area is 250 Å². The third-order valence-electron chi connectivity index (χ3n) is 7.06. The lowest BCUT2D eigenvalue weighted by atomic mass is 10.1. The summed E-state index contributed by atoms with van der Waals surface area (Å²) in [4.78, 5) is 28.7. The molecule has 1 amide bonds. The van der Waals surface area contributed by atoms with E-state index >= 15 is 0 Å². The maximum atomic E-state index is 14.1. The van der Waals surface area contributed by atoms with E-state index in [-0.39, 0.29) is 54.3 Å². The Balaban J connectivity index is 1.39. The molecule has 2 aromatic carbocycles. The number of nitrogens with one attached hydrogen (secondary N) is 1. The van der Waals surface area contributed by atoms with Gasteiger partial charge < -0.3 is 19.5 Å². The first-order valence-corrected chi connectivity index (χ1v) is 13.8. The molecule has 0 aliphatic carbocycles. The van der Waals surface area contributed by atoms with E-state index in [2.05, 4.69) is 30.9 Å². The summed E-state index contributed by atoms with van der Waals surface area (Å²) < 4.78 is 87.3. The first-order chi connectivity index (χ1) is 20.2. The summed E-state index contributed by atoms with van der Waals surface area (Å²) >= 11 is 3.14. The highest BCUT2D eigenvalue weighted by molar-refractivity contribution is 9.10. The van der Waals surface area contributed by atoms with Crippen molar-refractivity contribution in [3.8, 4) is 5.75 Å². The summed E-state index contributed by atoms with van der Waals surface area (Å²) in [6.07, 6.45) is -9.24. The number of imidazole rings is 1. The van der Waals surface area contributed by atoms with Crippen molar-refractivity contribution in [2.75, 3.05) is 48.0 Å². The average Bonchev–Trinajstić information content (AvgIpc) is 3.40. The van der Waals surface area contributed by atoms with Crippen LogP contribution in [0, 0.1) is 0 Å². The number of alkyl halides is 6. The van der Waals surface area contributed by atoms with Crippen LogP contribution in [0.5, 0.6) is 5.75 Å². The second kappa shape index (κ2) is 11.6. The summed E-state index contributed by atoms with van der Waals surface area (Å²) in [6.45, 7) is 2.06. The smallest absolute Gasteiger partial charge is 0.419 e. The fraction of sp³-hybridized carbons (Fsp3) is 0.321. The molecule has 0 saturated carbocycles. The highest BCUT2D eigenvalue weighted by Gasteiger charge is 2.38. The maximum absolute atomic E-state index is 14.1. The number of carbonyl (C=O) groups is 1. The predicted octanol–water partition coefficient (Wildman–Crippen LogP) is 6.65. The Morgan fingerprint density at radius 1 is 0.953 bits per heavy atom. The lowest BCUT2D eigenvalue weighted by Crippen LogP contribution is -2.48. The number of benzene rings is 2. The Bertz CT molecular complexity index is 1630. The molecule has 4 aromatic rings. The van der Waals surface area contributed by atoms with Gasteiger partial charge in [-0.25, -0.2) is 9.97 Å². The lowest BCUT2D eigenvalue weighted by molar-refractivity contribution is -0.138. The van der Waals surface area contributed by atoms with Crippen LogP contribution < -0.4 is 19.4 Å². The summed E-state index contributed by atoms with van der Waals surface area (Å²) in [5.74, 6) is 0.274. The van der Waals surface area contributed by atoms with Crippen molar-refractivity contribution in [1.82, 2.24) is 15.0 Å². The largest absolute Gasteiger partial charge is 0.497 e. The molecular formula is C28H25BrF6N6O2. The number of aromatic nitrogens is 3. The van der Waals surface area contributed by atoms with Gasteiger partial charge in [0.2, 0.25) is 11.9 Å². The molecule has 1 saturated heterocycles. The molecule has 0 atom stereocenters. The minimum absolute atomic E-state index is 0.0661. The Hall–Kier alpha value is -4.01. The number of rotatable bonds is 6. The van der Waals surface area contributed by atoms with Crippen molar-refractivity contribution in [2.24, 2.45) is 0 Å². The zero-order chi connectivity index (χ0) is 31.1. The Kier molecular flexibility index (Phi) is 8.20. The van der Waals surface area contributed by atoms with Crippen LogP contribution in [0.15, 0.2) is 53.0 Å². The van der Waals surface area contributed by atoms with Gasteiger partial charge in [-0.05, 0) is 57.9 Å². The third-order valence-corrected chi connectivity index (χ3v) is 7.66. The zero-order valence-corrected chi connectivity index (χ0v) is 24.4. The monoisotopic (exact) mass is 670 g/mol. The number of amides is 1. The molecule has 1 N–H and O–H groups in total. The normalized spacial score (nSPS) is 14.3. The summed E-state index contributed by atoms with van der Waals surface area (Å²) in [7, 11) is 1.52. The van der Waals surface area contributed by atoms with Gasteiger partial charge >= 0.3 is 12.4 Å². The molecule has 0 bridgehead atoms. The molecule has 2 aromatic heterocycles. The van der Waals surface area contributed by atoms with E-state index in [0.717, 1.165) is 23.8 Å². The topological polar surface area (TPSA) is 77.6 Å². The molecule has 0 radical (unpaired) electrons. The van der Waals surface area contributed by atoms with Crippen molar-refractivity contribution >= 4 is 50.5 Å². The number of pyridine rings is 1. The van der Waals surface area contributed by atoms with Gasteiger partial charge in [-0.2, -0.15) is 26.3 Å². The van der Waals surface area contributed by atoms with Gasteiger partial charge in [-0.15, -0.1) is 0 Å². The number of fused-ring (bicyclic) bond motifs is 1. The van der Waals surface area contributed by atoms with Gasteiger partial charge in [-0.1, -0.05) is 12.1 Å². The number of hydrogen-bond acceptors (Lipinski definition) is 6. The summed E-state index contributed by atoms with van der Waals surface area (Å²) in [5, 5.41) is 0. The van der Waals surface area contributed by atoms with E-state index in [9.17, 15) is 31.1 Å². The third kappa shape index (κ3) is 6.50. The number of halogens is 7. The molecule has 1 fully saturated rings. The number of piperazine rings is 1. The van der Waals surface area contributed by atoms with E-state index in [1.54, 1.807) is 29.2 Å².